The lowest BCUT2D eigenvalue weighted by molar-refractivity contribution is 0.262. The third-order valence-corrected chi connectivity index (χ3v) is 6.05. The molecule has 2 heterocycles. The molecular weight excluding hydrogens is 388 g/mol. The summed E-state index contributed by atoms with van der Waals surface area (Å²) >= 11 is 3.35. The van der Waals surface area contributed by atoms with Crippen LogP contribution in [0.15, 0.2) is 82.0 Å². The first-order valence-corrected chi connectivity index (χ1v) is 10.1. The fourth-order valence-corrected chi connectivity index (χ4v) is 4.46. The van der Waals surface area contributed by atoms with Crippen molar-refractivity contribution in [2.45, 2.75) is 9.79 Å². The highest BCUT2D eigenvalue weighted by Gasteiger charge is 2.07. The molecule has 0 unspecified atom stereocenters. The summed E-state index contributed by atoms with van der Waals surface area (Å²) in [6, 6.07) is 20.1. The van der Waals surface area contributed by atoms with E-state index in [1.165, 1.54) is 9.60 Å². The Balaban J connectivity index is 1.39. The molecule has 0 spiro atoms. The summed E-state index contributed by atoms with van der Waals surface area (Å²) < 4.78 is 1.18. The van der Waals surface area contributed by atoms with Gasteiger partial charge in [-0.15, -0.1) is 11.3 Å². The first kappa shape index (κ1) is 18.0. The lowest BCUT2D eigenvalue weighted by Gasteiger charge is -2.09. The molecule has 0 radical (unpaired) electrons. The van der Waals surface area contributed by atoms with E-state index >= 15 is 0 Å². The minimum absolute atomic E-state index is 0.334. The van der Waals surface area contributed by atoms with Gasteiger partial charge >= 0.3 is 6.03 Å². The van der Waals surface area contributed by atoms with Crippen LogP contribution in [0.4, 0.5) is 16.2 Å². The van der Waals surface area contributed by atoms with E-state index in [0.29, 0.717) is 16.9 Å². The van der Waals surface area contributed by atoms with E-state index in [2.05, 4.69) is 15.6 Å². The highest BCUT2D eigenvalue weighted by molar-refractivity contribution is 7.99. The van der Waals surface area contributed by atoms with Crippen LogP contribution in [0.25, 0.3) is 10.2 Å². The second-order valence-electron chi connectivity index (χ2n) is 5.84. The molecule has 0 bridgehead atoms. The van der Waals surface area contributed by atoms with Crippen molar-refractivity contribution < 1.29 is 4.79 Å². The predicted molar refractivity (Wildman–Crippen MR) is 114 cm³/mol. The quantitative estimate of drug-likeness (QED) is 0.441. The summed E-state index contributed by atoms with van der Waals surface area (Å²) in [6.07, 6.45) is 1.82. The number of fused-ring (bicyclic) bond motifs is 1. The summed E-state index contributed by atoms with van der Waals surface area (Å²) in [5, 5.41) is 16.4. The number of nitrogens with zero attached hydrogens (tertiary/aromatic N) is 2. The molecule has 0 aliphatic rings. The highest BCUT2D eigenvalue weighted by atomic mass is 32.2. The average Bonchev–Trinajstić information content (AvgIpc) is 3.20. The maximum Gasteiger partial charge on any atom is 0.323 e. The third kappa shape index (κ3) is 4.14. The lowest BCUT2D eigenvalue weighted by Crippen LogP contribution is -2.19. The van der Waals surface area contributed by atoms with Gasteiger partial charge in [-0.3, -0.25) is 4.98 Å². The molecule has 0 saturated carbocycles. The Bertz CT molecular complexity index is 1160. The van der Waals surface area contributed by atoms with Crippen LogP contribution in [0, 0.1) is 11.3 Å². The van der Waals surface area contributed by atoms with Gasteiger partial charge in [-0.05, 0) is 66.0 Å². The molecule has 7 heteroatoms. The van der Waals surface area contributed by atoms with Gasteiger partial charge in [-0.2, -0.15) is 5.26 Å². The molecule has 5 nitrogen and oxygen atoms in total. The van der Waals surface area contributed by atoms with Crippen molar-refractivity contribution in [1.29, 1.82) is 5.26 Å². The molecule has 136 valence electrons. The van der Waals surface area contributed by atoms with Gasteiger partial charge in [0.15, 0.2) is 0 Å². The van der Waals surface area contributed by atoms with E-state index in [-0.39, 0.29) is 6.03 Å². The minimum Gasteiger partial charge on any atom is -0.308 e. The van der Waals surface area contributed by atoms with Crippen LogP contribution >= 0.6 is 23.1 Å². The van der Waals surface area contributed by atoms with E-state index in [9.17, 15) is 4.79 Å². The minimum atomic E-state index is -0.334. The van der Waals surface area contributed by atoms with Crippen LogP contribution in [0.5, 0.6) is 0 Å². The second kappa shape index (κ2) is 8.13. The number of benzene rings is 2. The Morgan fingerprint density at radius 2 is 1.64 bits per heavy atom. The maximum absolute atomic E-state index is 12.1. The zero-order valence-electron chi connectivity index (χ0n) is 14.5. The Morgan fingerprint density at radius 3 is 2.32 bits per heavy atom. The summed E-state index contributed by atoms with van der Waals surface area (Å²) in [5.41, 5.74) is 2.88. The Morgan fingerprint density at radius 1 is 0.964 bits per heavy atom. The third-order valence-electron chi connectivity index (χ3n) is 3.92. The average molecular weight is 403 g/mol. The number of carbonyl (C=O) groups excluding carboxylic acids is 1. The van der Waals surface area contributed by atoms with E-state index in [0.717, 1.165) is 10.4 Å². The number of thiophene rings is 1. The predicted octanol–water partition coefficient (Wildman–Crippen LogP) is 5.96. The summed E-state index contributed by atoms with van der Waals surface area (Å²) in [6.45, 7) is 0. The highest BCUT2D eigenvalue weighted by Crippen LogP contribution is 2.35. The standard InChI is InChI=1S/C21H14N4OS2/c22-13-14-1-3-15(4-2-14)24-21(26)25-16-5-7-17(8-6-16)28-19-9-11-23-18-10-12-27-20(18)19/h1-12H,(H2,24,25,26). The molecule has 4 aromatic rings. The van der Waals surface area contributed by atoms with Crippen molar-refractivity contribution >= 4 is 50.7 Å². The molecule has 2 aromatic carbocycles. The second-order valence-corrected chi connectivity index (χ2v) is 7.87. The summed E-state index contributed by atoms with van der Waals surface area (Å²) in [7, 11) is 0. The van der Waals surface area contributed by atoms with Gasteiger partial charge in [-0.25, -0.2) is 4.79 Å². The number of hydrogen-bond donors (Lipinski definition) is 2. The molecule has 28 heavy (non-hydrogen) atoms. The number of pyridine rings is 1. The van der Waals surface area contributed by atoms with Crippen LogP contribution in [0.3, 0.4) is 0 Å². The number of hydrogen-bond acceptors (Lipinski definition) is 5. The Kier molecular flexibility index (Phi) is 5.24. The largest absolute Gasteiger partial charge is 0.323 e. The topological polar surface area (TPSA) is 77.8 Å². The number of aromatic nitrogens is 1. The van der Waals surface area contributed by atoms with Gasteiger partial charge in [0.25, 0.3) is 0 Å². The molecule has 0 fully saturated rings. The molecule has 2 amide bonds. The number of carbonyl (C=O) groups is 1. The smallest absolute Gasteiger partial charge is 0.308 e. The fraction of sp³-hybridized carbons (Fsp3) is 0. The van der Waals surface area contributed by atoms with Crippen molar-refractivity contribution in [2.75, 3.05) is 10.6 Å². The first-order chi connectivity index (χ1) is 13.7. The number of anilines is 2. The molecule has 0 saturated heterocycles. The number of amides is 2. The van der Waals surface area contributed by atoms with E-state index < -0.39 is 0 Å². The van der Waals surface area contributed by atoms with Crippen molar-refractivity contribution in [3.63, 3.8) is 0 Å². The zero-order valence-corrected chi connectivity index (χ0v) is 16.2. The maximum atomic E-state index is 12.1. The van der Waals surface area contributed by atoms with Gasteiger partial charge in [0.2, 0.25) is 0 Å². The number of nitrogens with one attached hydrogen (secondary N) is 2. The molecule has 0 atom stereocenters. The normalized spacial score (nSPS) is 10.4. The van der Waals surface area contributed by atoms with Gasteiger partial charge in [-0.1, -0.05) is 11.8 Å². The summed E-state index contributed by atoms with van der Waals surface area (Å²) in [4.78, 5) is 18.7. The first-order valence-electron chi connectivity index (χ1n) is 8.39. The van der Waals surface area contributed by atoms with Crippen molar-refractivity contribution in [3.05, 3.63) is 77.8 Å². The van der Waals surface area contributed by atoms with E-state index in [4.69, 9.17) is 5.26 Å². The van der Waals surface area contributed by atoms with Crippen LogP contribution in [-0.4, -0.2) is 11.0 Å². The van der Waals surface area contributed by atoms with Gasteiger partial charge in [0, 0.05) is 27.4 Å². The van der Waals surface area contributed by atoms with Crippen molar-refractivity contribution in [1.82, 2.24) is 4.98 Å². The van der Waals surface area contributed by atoms with Gasteiger partial charge in [0.05, 0.1) is 21.8 Å². The van der Waals surface area contributed by atoms with Gasteiger partial charge in [0.1, 0.15) is 0 Å². The van der Waals surface area contributed by atoms with Crippen LogP contribution < -0.4 is 10.6 Å². The summed E-state index contributed by atoms with van der Waals surface area (Å²) in [5.74, 6) is 0. The lowest BCUT2D eigenvalue weighted by atomic mass is 10.2. The van der Waals surface area contributed by atoms with E-state index in [1.54, 1.807) is 47.4 Å². The number of rotatable bonds is 4. The van der Waals surface area contributed by atoms with Crippen molar-refractivity contribution in [2.24, 2.45) is 0 Å². The zero-order chi connectivity index (χ0) is 19.3. The SMILES string of the molecule is N#Cc1ccc(NC(=O)Nc2ccc(Sc3ccnc4ccsc34)cc2)cc1. The molecular formula is C21H14N4OS2. The number of nitriles is 1. The monoisotopic (exact) mass is 402 g/mol. The van der Waals surface area contributed by atoms with Gasteiger partial charge < -0.3 is 10.6 Å². The van der Waals surface area contributed by atoms with Crippen LogP contribution in [0.2, 0.25) is 0 Å². The molecule has 0 aliphatic heterocycles. The number of urea groups is 1. The van der Waals surface area contributed by atoms with E-state index in [1.807, 2.05) is 54.0 Å². The molecule has 4 rings (SSSR count). The molecule has 2 N–H and O–H groups in total. The fourth-order valence-electron chi connectivity index (χ4n) is 2.58. The molecule has 2 aromatic heterocycles. The van der Waals surface area contributed by atoms with Crippen molar-refractivity contribution in [3.8, 4) is 6.07 Å². The Hall–Kier alpha value is -3.34. The molecule has 0 aliphatic carbocycles. The van der Waals surface area contributed by atoms with Crippen LogP contribution in [-0.2, 0) is 0 Å². The Labute approximate surface area is 170 Å². The van der Waals surface area contributed by atoms with Crippen LogP contribution in [0.1, 0.15) is 5.56 Å².